The summed E-state index contributed by atoms with van der Waals surface area (Å²) in [7, 11) is 0. The Balaban J connectivity index is 1.12. The molecule has 2 aliphatic rings. The Bertz CT molecular complexity index is 1060. The second-order valence-corrected chi connectivity index (χ2v) is 8.92. The van der Waals surface area contributed by atoms with Gasteiger partial charge < -0.3 is 20.4 Å². The average Bonchev–Trinajstić information content (AvgIpc) is 3.38. The Morgan fingerprint density at radius 3 is 2.41 bits per heavy atom. The van der Waals surface area contributed by atoms with Crippen LogP contribution in [0.1, 0.15) is 29.5 Å². The standard InChI is InChI=1S/C26H29N5S/c32-26(28-17-20-7-10-24(11-8-20)30-14-3-4-15-30)29-23-9-12-25(27-18-23)31-16-13-21-5-1-2-6-22(21)19-31/h1-2,5-12,18H,3-4,13-17,19H2,(H2,28,29,32). The third kappa shape index (κ3) is 4.86. The number of pyridine rings is 1. The molecule has 2 aliphatic heterocycles. The maximum Gasteiger partial charge on any atom is 0.171 e. The van der Waals surface area contributed by atoms with Gasteiger partial charge >= 0.3 is 0 Å². The fourth-order valence-electron chi connectivity index (χ4n) is 4.50. The first kappa shape index (κ1) is 20.8. The first-order valence-corrected chi connectivity index (χ1v) is 11.8. The number of hydrogen-bond acceptors (Lipinski definition) is 4. The highest BCUT2D eigenvalue weighted by atomic mass is 32.1. The van der Waals surface area contributed by atoms with Crippen molar-refractivity contribution in [3.63, 3.8) is 0 Å². The van der Waals surface area contributed by atoms with Crippen molar-refractivity contribution in [1.29, 1.82) is 0 Å². The van der Waals surface area contributed by atoms with Crippen molar-refractivity contribution >= 4 is 34.5 Å². The molecule has 2 aromatic carbocycles. The van der Waals surface area contributed by atoms with Gasteiger partial charge in [0, 0.05) is 38.4 Å². The van der Waals surface area contributed by atoms with Gasteiger partial charge in [-0.05, 0) is 72.4 Å². The number of rotatable bonds is 5. The summed E-state index contributed by atoms with van der Waals surface area (Å²) in [4.78, 5) is 9.44. The van der Waals surface area contributed by atoms with E-state index in [4.69, 9.17) is 12.2 Å². The van der Waals surface area contributed by atoms with Crippen LogP contribution in [-0.2, 0) is 19.5 Å². The van der Waals surface area contributed by atoms with E-state index in [0.29, 0.717) is 11.7 Å². The molecule has 1 fully saturated rings. The molecule has 0 bridgehead atoms. The molecule has 5 rings (SSSR count). The van der Waals surface area contributed by atoms with Crippen LogP contribution in [0, 0.1) is 0 Å². The van der Waals surface area contributed by atoms with Gasteiger partial charge in [-0.15, -0.1) is 0 Å². The molecule has 6 heteroatoms. The Hall–Kier alpha value is -3.12. The number of fused-ring (bicyclic) bond motifs is 1. The number of nitrogens with one attached hydrogen (secondary N) is 2. The zero-order chi connectivity index (χ0) is 21.8. The molecule has 0 atom stereocenters. The molecule has 3 aromatic rings. The van der Waals surface area contributed by atoms with Gasteiger partial charge in [0.15, 0.2) is 5.11 Å². The van der Waals surface area contributed by atoms with E-state index < -0.39 is 0 Å². The molecule has 2 N–H and O–H groups in total. The van der Waals surface area contributed by atoms with E-state index in [-0.39, 0.29) is 0 Å². The lowest BCUT2D eigenvalue weighted by Crippen LogP contribution is -2.31. The molecule has 164 valence electrons. The Morgan fingerprint density at radius 2 is 1.66 bits per heavy atom. The fraction of sp³-hybridized carbons (Fsp3) is 0.308. The maximum atomic E-state index is 5.48. The Labute approximate surface area is 195 Å². The molecule has 0 radical (unpaired) electrons. The topological polar surface area (TPSA) is 43.4 Å². The quantitative estimate of drug-likeness (QED) is 0.556. The van der Waals surface area contributed by atoms with Crippen LogP contribution in [-0.4, -0.2) is 29.7 Å². The van der Waals surface area contributed by atoms with Gasteiger partial charge in [-0.25, -0.2) is 4.98 Å². The molecule has 32 heavy (non-hydrogen) atoms. The largest absolute Gasteiger partial charge is 0.372 e. The minimum Gasteiger partial charge on any atom is -0.372 e. The van der Waals surface area contributed by atoms with Crippen LogP contribution in [0.2, 0.25) is 0 Å². The van der Waals surface area contributed by atoms with Gasteiger partial charge in [-0.1, -0.05) is 36.4 Å². The lowest BCUT2D eigenvalue weighted by Gasteiger charge is -2.29. The number of benzene rings is 2. The Morgan fingerprint density at radius 1 is 0.875 bits per heavy atom. The van der Waals surface area contributed by atoms with E-state index in [1.54, 1.807) is 0 Å². The lowest BCUT2D eigenvalue weighted by atomic mass is 10.00. The van der Waals surface area contributed by atoms with Crippen LogP contribution < -0.4 is 20.4 Å². The van der Waals surface area contributed by atoms with Gasteiger partial charge in [0.25, 0.3) is 0 Å². The third-order valence-corrected chi connectivity index (χ3v) is 6.57. The fourth-order valence-corrected chi connectivity index (χ4v) is 4.69. The van der Waals surface area contributed by atoms with Crippen molar-refractivity contribution in [2.45, 2.75) is 32.4 Å². The van der Waals surface area contributed by atoms with Crippen molar-refractivity contribution in [2.24, 2.45) is 0 Å². The highest BCUT2D eigenvalue weighted by Crippen LogP contribution is 2.24. The summed E-state index contributed by atoms with van der Waals surface area (Å²) in [6.45, 7) is 4.94. The monoisotopic (exact) mass is 443 g/mol. The van der Waals surface area contributed by atoms with Crippen LogP contribution in [0.25, 0.3) is 0 Å². The second-order valence-electron chi connectivity index (χ2n) is 8.51. The van der Waals surface area contributed by atoms with Crippen LogP contribution in [0.4, 0.5) is 17.2 Å². The zero-order valence-corrected chi connectivity index (χ0v) is 19.1. The van der Waals surface area contributed by atoms with E-state index in [2.05, 4.69) is 80.0 Å². The summed E-state index contributed by atoms with van der Waals surface area (Å²) in [5, 5.41) is 7.15. The van der Waals surface area contributed by atoms with Crippen molar-refractivity contribution in [3.8, 4) is 0 Å². The molecule has 1 aromatic heterocycles. The molecule has 3 heterocycles. The molecular formula is C26H29N5S. The van der Waals surface area contributed by atoms with Gasteiger partial charge in [-0.3, -0.25) is 0 Å². The first-order valence-electron chi connectivity index (χ1n) is 11.4. The van der Waals surface area contributed by atoms with Gasteiger partial charge in [0.2, 0.25) is 0 Å². The summed E-state index contributed by atoms with van der Waals surface area (Å²) in [5.74, 6) is 1.00. The van der Waals surface area contributed by atoms with Crippen LogP contribution in [0.3, 0.4) is 0 Å². The minimum absolute atomic E-state index is 0.607. The molecular weight excluding hydrogens is 414 g/mol. The predicted molar refractivity (Wildman–Crippen MR) is 136 cm³/mol. The van der Waals surface area contributed by atoms with Crippen LogP contribution in [0.15, 0.2) is 66.9 Å². The van der Waals surface area contributed by atoms with E-state index in [1.165, 1.54) is 48.3 Å². The van der Waals surface area contributed by atoms with E-state index in [1.807, 2.05) is 12.3 Å². The predicted octanol–water partition coefficient (Wildman–Crippen LogP) is 4.73. The number of nitrogens with zero attached hydrogens (tertiary/aromatic N) is 3. The molecule has 5 nitrogen and oxygen atoms in total. The van der Waals surface area contributed by atoms with Gasteiger partial charge in [-0.2, -0.15) is 0 Å². The van der Waals surface area contributed by atoms with E-state index >= 15 is 0 Å². The zero-order valence-electron chi connectivity index (χ0n) is 18.3. The highest BCUT2D eigenvalue weighted by molar-refractivity contribution is 7.80. The summed E-state index contributed by atoms with van der Waals surface area (Å²) in [6, 6.07) is 21.5. The van der Waals surface area contributed by atoms with E-state index in [0.717, 1.165) is 31.0 Å². The van der Waals surface area contributed by atoms with Crippen molar-refractivity contribution in [1.82, 2.24) is 10.3 Å². The summed E-state index contributed by atoms with van der Waals surface area (Å²) >= 11 is 5.48. The number of anilines is 3. The second kappa shape index (κ2) is 9.57. The molecule has 0 aliphatic carbocycles. The summed E-state index contributed by atoms with van der Waals surface area (Å²) in [5.41, 5.74) is 6.27. The highest BCUT2D eigenvalue weighted by Gasteiger charge is 2.17. The maximum absolute atomic E-state index is 5.48. The number of aromatic nitrogens is 1. The van der Waals surface area contributed by atoms with Crippen molar-refractivity contribution in [3.05, 3.63) is 83.6 Å². The van der Waals surface area contributed by atoms with Crippen molar-refractivity contribution < 1.29 is 0 Å². The number of thiocarbonyl (C=S) groups is 1. The summed E-state index contributed by atoms with van der Waals surface area (Å²) < 4.78 is 0. The number of hydrogen-bond donors (Lipinski definition) is 2. The molecule has 1 saturated heterocycles. The van der Waals surface area contributed by atoms with Crippen LogP contribution in [0.5, 0.6) is 0 Å². The summed E-state index contributed by atoms with van der Waals surface area (Å²) in [6.07, 6.45) is 5.51. The normalized spacial score (nSPS) is 15.4. The SMILES string of the molecule is S=C(NCc1ccc(N2CCCC2)cc1)Nc1ccc(N2CCc3ccccc3C2)nc1. The minimum atomic E-state index is 0.607. The van der Waals surface area contributed by atoms with Crippen molar-refractivity contribution in [2.75, 3.05) is 34.8 Å². The first-order chi connectivity index (χ1) is 15.7. The Kier molecular flexibility index (Phi) is 6.21. The average molecular weight is 444 g/mol. The molecule has 0 unspecified atom stereocenters. The molecule has 0 amide bonds. The van der Waals surface area contributed by atoms with Crippen LogP contribution >= 0.6 is 12.2 Å². The lowest BCUT2D eigenvalue weighted by molar-refractivity contribution is 0.721. The molecule has 0 saturated carbocycles. The molecule has 0 spiro atoms. The van der Waals surface area contributed by atoms with Gasteiger partial charge in [0.1, 0.15) is 5.82 Å². The van der Waals surface area contributed by atoms with Gasteiger partial charge in [0.05, 0.1) is 11.9 Å². The smallest absolute Gasteiger partial charge is 0.171 e. The third-order valence-electron chi connectivity index (χ3n) is 6.32. The van der Waals surface area contributed by atoms with E-state index in [9.17, 15) is 0 Å².